The van der Waals surface area contributed by atoms with E-state index in [2.05, 4.69) is 10.3 Å². The molecule has 0 fully saturated rings. The smallest absolute Gasteiger partial charge is 0.270 e. The van der Waals surface area contributed by atoms with Crippen molar-refractivity contribution >= 4 is 11.8 Å². The summed E-state index contributed by atoms with van der Waals surface area (Å²) in [6, 6.07) is 4.31. The highest BCUT2D eigenvalue weighted by Crippen LogP contribution is 1.97. The number of nitrogens with one attached hydrogen (secondary N) is 2. The van der Waals surface area contributed by atoms with Crippen LogP contribution >= 0.6 is 0 Å². The van der Waals surface area contributed by atoms with Crippen LogP contribution < -0.4 is 10.9 Å². The van der Waals surface area contributed by atoms with Crippen LogP contribution in [0.3, 0.4) is 0 Å². The van der Waals surface area contributed by atoms with Crippen molar-refractivity contribution in [3.8, 4) is 0 Å². The van der Waals surface area contributed by atoms with Crippen molar-refractivity contribution in [3.63, 3.8) is 0 Å². The van der Waals surface area contributed by atoms with Crippen molar-refractivity contribution < 1.29 is 14.3 Å². The summed E-state index contributed by atoms with van der Waals surface area (Å²) < 4.78 is 4.86. The second-order valence-electron chi connectivity index (χ2n) is 4.29. The zero-order valence-electron chi connectivity index (χ0n) is 11.6. The summed E-state index contributed by atoms with van der Waals surface area (Å²) in [6.07, 6.45) is 0.714. The summed E-state index contributed by atoms with van der Waals surface area (Å²) in [7, 11) is 3.09. The Morgan fingerprint density at radius 1 is 1.40 bits per heavy atom. The quantitative estimate of drug-likeness (QED) is 0.665. The third-order valence-corrected chi connectivity index (χ3v) is 2.57. The highest BCUT2D eigenvalue weighted by atomic mass is 16.5. The van der Waals surface area contributed by atoms with Gasteiger partial charge in [-0.2, -0.15) is 0 Å². The van der Waals surface area contributed by atoms with Crippen molar-refractivity contribution in [2.75, 3.05) is 33.9 Å². The molecule has 0 aliphatic rings. The van der Waals surface area contributed by atoms with Crippen molar-refractivity contribution in [1.29, 1.82) is 0 Å². The van der Waals surface area contributed by atoms with Crippen LogP contribution in [0.1, 0.15) is 16.9 Å². The number of pyridine rings is 1. The van der Waals surface area contributed by atoms with Gasteiger partial charge in [-0.3, -0.25) is 14.4 Å². The molecule has 2 amide bonds. The van der Waals surface area contributed by atoms with Gasteiger partial charge in [0.2, 0.25) is 11.5 Å². The normalized spacial score (nSPS) is 10.1. The molecule has 0 unspecified atom stereocenters. The van der Waals surface area contributed by atoms with E-state index in [1.807, 2.05) is 0 Å². The van der Waals surface area contributed by atoms with Crippen LogP contribution in [0.5, 0.6) is 0 Å². The first-order valence-electron chi connectivity index (χ1n) is 6.25. The molecule has 20 heavy (non-hydrogen) atoms. The molecule has 1 rings (SSSR count). The zero-order valence-corrected chi connectivity index (χ0v) is 11.6. The number of carbonyl (C=O) groups is 2. The molecule has 0 radical (unpaired) electrons. The SMILES string of the molecule is COCCCNC(=O)CN(C)C(=O)c1cccc(=O)[nH]1. The number of rotatable bonds is 7. The Bertz CT molecular complexity index is 512. The summed E-state index contributed by atoms with van der Waals surface area (Å²) in [4.78, 5) is 38.4. The topological polar surface area (TPSA) is 91.5 Å². The Morgan fingerprint density at radius 3 is 2.80 bits per heavy atom. The molecular weight excluding hydrogens is 262 g/mol. The van der Waals surface area contributed by atoms with E-state index in [9.17, 15) is 14.4 Å². The first kappa shape index (κ1) is 15.9. The molecule has 0 aromatic carbocycles. The minimum atomic E-state index is -0.408. The number of hydrogen-bond acceptors (Lipinski definition) is 4. The predicted molar refractivity (Wildman–Crippen MR) is 73.5 cm³/mol. The van der Waals surface area contributed by atoms with E-state index in [-0.39, 0.29) is 23.7 Å². The van der Waals surface area contributed by atoms with Crippen molar-refractivity contribution in [1.82, 2.24) is 15.2 Å². The maximum atomic E-state index is 12.0. The van der Waals surface area contributed by atoms with E-state index in [0.29, 0.717) is 19.6 Å². The largest absolute Gasteiger partial charge is 0.385 e. The van der Waals surface area contributed by atoms with Gasteiger partial charge >= 0.3 is 0 Å². The molecule has 0 atom stereocenters. The Morgan fingerprint density at radius 2 is 2.15 bits per heavy atom. The fraction of sp³-hybridized carbons (Fsp3) is 0.462. The summed E-state index contributed by atoms with van der Waals surface area (Å²) in [5, 5.41) is 2.68. The Kier molecular flexibility index (Phi) is 6.45. The molecule has 0 spiro atoms. The average Bonchev–Trinajstić information content (AvgIpc) is 2.42. The van der Waals surface area contributed by atoms with Crippen LogP contribution in [0.2, 0.25) is 0 Å². The highest BCUT2D eigenvalue weighted by molar-refractivity contribution is 5.94. The van der Waals surface area contributed by atoms with Gasteiger partial charge in [-0.05, 0) is 12.5 Å². The molecular formula is C13H19N3O4. The van der Waals surface area contributed by atoms with Gasteiger partial charge in [0.1, 0.15) is 5.69 Å². The third kappa shape index (κ3) is 5.23. The predicted octanol–water partition coefficient (Wildman–Crippen LogP) is -0.400. The highest BCUT2D eigenvalue weighted by Gasteiger charge is 2.15. The number of methoxy groups -OCH3 is 1. The summed E-state index contributed by atoms with van der Waals surface area (Å²) >= 11 is 0. The van der Waals surface area contributed by atoms with Crippen molar-refractivity contribution in [2.24, 2.45) is 0 Å². The molecule has 2 N–H and O–H groups in total. The number of ether oxygens (including phenoxy) is 1. The van der Waals surface area contributed by atoms with Gasteiger partial charge in [-0.25, -0.2) is 0 Å². The van der Waals surface area contributed by atoms with E-state index in [1.54, 1.807) is 7.11 Å². The van der Waals surface area contributed by atoms with Crippen LogP contribution in [0.4, 0.5) is 0 Å². The maximum Gasteiger partial charge on any atom is 0.270 e. The molecule has 110 valence electrons. The number of hydrogen-bond donors (Lipinski definition) is 2. The summed E-state index contributed by atoms with van der Waals surface area (Å²) in [5.74, 6) is -0.662. The number of amides is 2. The number of aromatic nitrogens is 1. The lowest BCUT2D eigenvalue weighted by Gasteiger charge is -2.16. The second-order valence-corrected chi connectivity index (χ2v) is 4.29. The Labute approximate surface area is 116 Å². The fourth-order valence-electron chi connectivity index (χ4n) is 1.57. The molecule has 7 heteroatoms. The molecule has 1 heterocycles. The van der Waals surface area contributed by atoms with Gasteiger partial charge in [-0.15, -0.1) is 0 Å². The van der Waals surface area contributed by atoms with E-state index in [1.165, 1.54) is 30.1 Å². The van der Waals surface area contributed by atoms with Crippen LogP contribution in [0.25, 0.3) is 0 Å². The molecule has 7 nitrogen and oxygen atoms in total. The minimum absolute atomic E-state index is 0.0667. The monoisotopic (exact) mass is 281 g/mol. The maximum absolute atomic E-state index is 12.0. The van der Waals surface area contributed by atoms with Crippen LogP contribution in [-0.4, -0.2) is 55.6 Å². The number of nitrogens with zero attached hydrogens (tertiary/aromatic N) is 1. The number of H-pyrrole nitrogens is 1. The van der Waals surface area contributed by atoms with E-state index >= 15 is 0 Å². The number of aromatic amines is 1. The van der Waals surface area contributed by atoms with E-state index in [0.717, 1.165) is 0 Å². The average molecular weight is 281 g/mol. The first-order chi connectivity index (χ1) is 9.54. The van der Waals surface area contributed by atoms with Crippen LogP contribution in [0, 0.1) is 0 Å². The molecule has 0 saturated heterocycles. The van der Waals surface area contributed by atoms with Gasteiger partial charge < -0.3 is 19.9 Å². The van der Waals surface area contributed by atoms with Crippen LogP contribution in [0.15, 0.2) is 23.0 Å². The minimum Gasteiger partial charge on any atom is -0.385 e. The van der Waals surface area contributed by atoms with Gasteiger partial charge in [0.05, 0.1) is 6.54 Å². The molecule has 1 aromatic heterocycles. The van der Waals surface area contributed by atoms with Gasteiger partial charge in [0.25, 0.3) is 5.91 Å². The van der Waals surface area contributed by atoms with Crippen molar-refractivity contribution in [3.05, 3.63) is 34.2 Å². The Balaban J connectivity index is 2.45. The third-order valence-electron chi connectivity index (χ3n) is 2.57. The van der Waals surface area contributed by atoms with Crippen LogP contribution in [-0.2, 0) is 9.53 Å². The van der Waals surface area contributed by atoms with Gasteiger partial charge in [-0.1, -0.05) is 6.07 Å². The Hall–Kier alpha value is -2.15. The lowest BCUT2D eigenvalue weighted by Crippen LogP contribution is -2.39. The molecule has 0 bridgehead atoms. The van der Waals surface area contributed by atoms with Gasteiger partial charge in [0, 0.05) is 33.4 Å². The molecule has 0 aliphatic carbocycles. The summed E-state index contributed by atoms with van der Waals surface area (Å²) in [5.41, 5.74) is -0.194. The lowest BCUT2D eigenvalue weighted by molar-refractivity contribution is -0.121. The number of carbonyl (C=O) groups excluding carboxylic acids is 2. The zero-order chi connectivity index (χ0) is 15.0. The second kappa shape index (κ2) is 8.11. The van der Waals surface area contributed by atoms with Crippen molar-refractivity contribution in [2.45, 2.75) is 6.42 Å². The van der Waals surface area contributed by atoms with E-state index in [4.69, 9.17) is 4.74 Å². The van der Waals surface area contributed by atoms with Gasteiger partial charge in [0.15, 0.2) is 0 Å². The first-order valence-corrected chi connectivity index (χ1v) is 6.25. The standard InChI is InChI=1S/C13H19N3O4/c1-16(9-12(18)14-7-4-8-20-2)13(19)10-5-3-6-11(17)15-10/h3,5-6H,4,7-9H2,1-2H3,(H,14,18)(H,15,17). The fourth-order valence-corrected chi connectivity index (χ4v) is 1.57. The molecule has 1 aromatic rings. The molecule has 0 saturated carbocycles. The molecule has 0 aliphatic heterocycles. The number of likely N-dealkylation sites (N-methyl/N-ethyl adjacent to an activating group) is 1. The lowest BCUT2D eigenvalue weighted by atomic mass is 10.3. The summed E-state index contributed by atoms with van der Waals surface area (Å²) in [6.45, 7) is 1.000. The van der Waals surface area contributed by atoms with E-state index < -0.39 is 5.91 Å².